The molecule has 5 rings (SSSR count). The molecule has 184 valence electrons. The van der Waals surface area contributed by atoms with Crippen molar-refractivity contribution >= 4 is 28.7 Å². The molecule has 1 saturated heterocycles. The molecule has 0 atom stereocenters. The van der Waals surface area contributed by atoms with E-state index in [1.54, 1.807) is 38.4 Å². The fourth-order valence-corrected chi connectivity index (χ4v) is 4.62. The first-order chi connectivity index (χ1) is 17.5. The number of para-hydroxylation sites is 1. The maximum atomic E-state index is 13.1. The van der Waals surface area contributed by atoms with Crippen LogP contribution in [0.2, 0.25) is 0 Å². The van der Waals surface area contributed by atoms with Crippen LogP contribution in [0.3, 0.4) is 0 Å². The summed E-state index contributed by atoms with van der Waals surface area (Å²) in [7, 11) is 5.06. The van der Waals surface area contributed by atoms with Gasteiger partial charge in [-0.3, -0.25) is 4.79 Å². The smallest absolute Gasteiger partial charge is 0.321 e. The van der Waals surface area contributed by atoms with Gasteiger partial charge in [0.15, 0.2) is 0 Å². The number of amides is 3. The standard InChI is InChI=1S/C28H29N5O3/c1-32(2)27(34)22-14-18(10-11-24(22)31-28(35)33-12-6-7-13-33)19-15-21-23(17-30-26(21)29-16-19)20-8-4-5-9-25(20)36-3/h4-5,8-11,14-17H,6-7,12-13H2,1-3H3,(H,29,30)(H,31,35). The number of methoxy groups -OCH3 is 1. The number of H-pyrrole nitrogens is 1. The van der Waals surface area contributed by atoms with Crippen LogP contribution < -0.4 is 10.1 Å². The number of hydrogen-bond acceptors (Lipinski definition) is 4. The molecule has 2 N–H and O–H groups in total. The first kappa shape index (κ1) is 23.4. The molecule has 4 aromatic rings. The average Bonchev–Trinajstić information content (AvgIpc) is 3.58. The van der Waals surface area contributed by atoms with Crippen molar-refractivity contribution in [3.8, 4) is 28.0 Å². The van der Waals surface area contributed by atoms with E-state index >= 15 is 0 Å². The number of pyridine rings is 1. The second kappa shape index (κ2) is 9.73. The minimum atomic E-state index is -0.182. The van der Waals surface area contributed by atoms with Crippen LogP contribution >= 0.6 is 0 Å². The van der Waals surface area contributed by atoms with Crippen LogP contribution in [0.4, 0.5) is 10.5 Å². The number of ether oxygens (including phenoxy) is 1. The SMILES string of the molecule is COc1ccccc1-c1c[nH]c2ncc(-c3ccc(NC(=O)N4CCCC4)c(C(=O)N(C)C)c3)cc12. The van der Waals surface area contributed by atoms with Crippen LogP contribution in [-0.2, 0) is 0 Å². The van der Waals surface area contributed by atoms with E-state index in [9.17, 15) is 9.59 Å². The molecule has 1 fully saturated rings. The molecule has 8 heteroatoms. The topological polar surface area (TPSA) is 90.6 Å². The van der Waals surface area contributed by atoms with Gasteiger partial charge in [-0.05, 0) is 42.7 Å². The third-order valence-electron chi connectivity index (χ3n) is 6.55. The van der Waals surface area contributed by atoms with Gasteiger partial charge in [-0.15, -0.1) is 0 Å². The lowest BCUT2D eigenvalue weighted by Gasteiger charge is -2.20. The lowest BCUT2D eigenvalue weighted by Crippen LogP contribution is -2.33. The second-order valence-electron chi connectivity index (χ2n) is 9.11. The molecule has 2 aromatic carbocycles. The van der Waals surface area contributed by atoms with E-state index in [4.69, 9.17) is 4.74 Å². The number of aromatic nitrogens is 2. The number of likely N-dealkylation sites (tertiary alicyclic amines) is 1. The molecule has 0 radical (unpaired) electrons. The van der Waals surface area contributed by atoms with E-state index in [0.717, 1.165) is 65.0 Å². The quantitative estimate of drug-likeness (QED) is 0.406. The summed E-state index contributed by atoms with van der Waals surface area (Å²) in [5.74, 6) is 0.597. The number of fused-ring (bicyclic) bond motifs is 1. The van der Waals surface area contributed by atoms with Gasteiger partial charge in [0.2, 0.25) is 0 Å². The monoisotopic (exact) mass is 483 g/mol. The molecule has 0 unspecified atom stereocenters. The van der Waals surface area contributed by atoms with E-state index in [2.05, 4.69) is 21.4 Å². The summed E-state index contributed by atoms with van der Waals surface area (Å²) in [5, 5.41) is 3.89. The van der Waals surface area contributed by atoms with Crippen molar-refractivity contribution < 1.29 is 14.3 Å². The lowest BCUT2D eigenvalue weighted by molar-refractivity contribution is 0.0828. The molecule has 0 aliphatic carbocycles. The van der Waals surface area contributed by atoms with Crippen molar-refractivity contribution in [2.45, 2.75) is 12.8 Å². The molecule has 0 saturated carbocycles. The van der Waals surface area contributed by atoms with E-state index in [1.165, 1.54) is 4.90 Å². The normalized spacial score (nSPS) is 13.1. The molecule has 1 aliphatic heterocycles. The highest BCUT2D eigenvalue weighted by Crippen LogP contribution is 2.36. The van der Waals surface area contributed by atoms with E-state index in [0.29, 0.717) is 11.3 Å². The van der Waals surface area contributed by atoms with Crippen molar-refractivity contribution in [2.24, 2.45) is 0 Å². The van der Waals surface area contributed by atoms with Gasteiger partial charge in [0.1, 0.15) is 11.4 Å². The zero-order chi connectivity index (χ0) is 25.2. The zero-order valence-electron chi connectivity index (χ0n) is 20.7. The number of nitrogens with one attached hydrogen (secondary N) is 2. The number of carbonyl (C=O) groups is 2. The molecular formula is C28H29N5O3. The minimum absolute atomic E-state index is 0.176. The minimum Gasteiger partial charge on any atom is -0.496 e. The van der Waals surface area contributed by atoms with Gasteiger partial charge in [-0.2, -0.15) is 0 Å². The van der Waals surface area contributed by atoms with Crippen LogP contribution in [0.1, 0.15) is 23.2 Å². The zero-order valence-corrected chi connectivity index (χ0v) is 20.7. The fourth-order valence-electron chi connectivity index (χ4n) is 4.62. The maximum Gasteiger partial charge on any atom is 0.321 e. The lowest BCUT2D eigenvalue weighted by atomic mass is 9.99. The Balaban J connectivity index is 1.55. The van der Waals surface area contributed by atoms with Gasteiger partial charge in [-0.25, -0.2) is 9.78 Å². The van der Waals surface area contributed by atoms with Gasteiger partial charge < -0.3 is 24.8 Å². The van der Waals surface area contributed by atoms with Crippen molar-refractivity contribution in [2.75, 3.05) is 39.6 Å². The molecule has 0 spiro atoms. The van der Waals surface area contributed by atoms with Crippen LogP contribution in [0.5, 0.6) is 5.75 Å². The molecule has 3 amide bonds. The Morgan fingerprint density at radius 3 is 2.56 bits per heavy atom. The highest BCUT2D eigenvalue weighted by molar-refractivity contribution is 6.05. The highest BCUT2D eigenvalue weighted by atomic mass is 16.5. The van der Waals surface area contributed by atoms with Crippen LogP contribution in [0.15, 0.2) is 60.9 Å². The maximum absolute atomic E-state index is 13.1. The third-order valence-corrected chi connectivity index (χ3v) is 6.55. The van der Waals surface area contributed by atoms with E-state index in [1.807, 2.05) is 42.6 Å². The molecule has 0 bridgehead atoms. The highest BCUT2D eigenvalue weighted by Gasteiger charge is 2.22. The first-order valence-electron chi connectivity index (χ1n) is 12.0. The van der Waals surface area contributed by atoms with Crippen LogP contribution in [0.25, 0.3) is 33.3 Å². The van der Waals surface area contributed by atoms with Crippen molar-refractivity contribution in [1.82, 2.24) is 19.8 Å². The third kappa shape index (κ3) is 4.37. The van der Waals surface area contributed by atoms with E-state index in [-0.39, 0.29) is 11.9 Å². The number of nitrogens with zero attached hydrogens (tertiary/aromatic N) is 3. The Hall–Kier alpha value is -4.33. The average molecular weight is 484 g/mol. The molecular weight excluding hydrogens is 454 g/mol. The number of anilines is 1. The Bertz CT molecular complexity index is 1440. The summed E-state index contributed by atoms with van der Waals surface area (Å²) in [6.45, 7) is 1.47. The summed E-state index contributed by atoms with van der Waals surface area (Å²) in [6.07, 6.45) is 5.71. The largest absolute Gasteiger partial charge is 0.496 e. The summed E-state index contributed by atoms with van der Waals surface area (Å²) < 4.78 is 5.56. The number of hydrogen-bond donors (Lipinski definition) is 2. The Morgan fingerprint density at radius 1 is 1.03 bits per heavy atom. The van der Waals surface area contributed by atoms with Crippen LogP contribution in [-0.4, -0.2) is 66.0 Å². The molecule has 1 aliphatic rings. The van der Waals surface area contributed by atoms with Gasteiger partial charge >= 0.3 is 6.03 Å². The Kier molecular flexibility index (Phi) is 6.33. The van der Waals surface area contributed by atoms with Crippen molar-refractivity contribution in [1.29, 1.82) is 0 Å². The Labute approximate surface area is 209 Å². The van der Waals surface area contributed by atoms with Crippen molar-refractivity contribution in [3.63, 3.8) is 0 Å². The molecule has 36 heavy (non-hydrogen) atoms. The summed E-state index contributed by atoms with van der Waals surface area (Å²) in [4.78, 5) is 36.9. The first-order valence-corrected chi connectivity index (χ1v) is 12.0. The molecule has 8 nitrogen and oxygen atoms in total. The number of aromatic amines is 1. The predicted octanol–water partition coefficient (Wildman–Crippen LogP) is 5.24. The van der Waals surface area contributed by atoms with Gasteiger partial charge in [-0.1, -0.05) is 24.3 Å². The van der Waals surface area contributed by atoms with Crippen LogP contribution in [0, 0.1) is 0 Å². The van der Waals surface area contributed by atoms with Gasteiger partial charge in [0.25, 0.3) is 5.91 Å². The number of urea groups is 1. The van der Waals surface area contributed by atoms with Gasteiger partial charge in [0.05, 0.1) is 18.4 Å². The summed E-state index contributed by atoms with van der Waals surface area (Å²) >= 11 is 0. The molecule has 3 heterocycles. The van der Waals surface area contributed by atoms with Gasteiger partial charge in [0, 0.05) is 61.7 Å². The summed E-state index contributed by atoms with van der Waals surface area (Å²) in [6, 6.07) is 15.3. The number of benzene rings is 2. The second-order valence-corrected chi connectivity index (χ2v) is 9.11. The fraction of sp³-hybridized carbons (Fsp3) is 0.250. The Morgan fingerprint density at radius 2 is 1.81 bits per heavy atom. The molecule has 2 aromatic heterocycles. The van der Waals surface area contributed by atoms with Crippen molar-refractivity contribution in [3.05, 3.63) is 66.5 Å². The number of carbonyl (C=O) groups excluding carboxylic acids is 2. The predicted molar refractivity (Wildman–Crippen MR) is 141 cm³/mol. The van der Waals surface area contributed by atoms with E-state index < -0.39 is 0 Å². The summed E-state index contributed by atoms with van der Waals surface area (Å²) in [5.41, 5.74) is 5.34. The number of rotatable bonds is 5.